The van der Waals surface area contributed by atoms with Crippen LogP contribution in [-0.2, 0) is 0 Å². The van der Waals surface area contributed by atoms with Crippen LogP contribution in [0.1, 0.15) is 18.9 Å². The zero-order valence-corrected chi connectivity index (χ0v) is 16.3. The van der Waals surface area contributed by atoms with Crippen LogP contribution < -0.4 is 4.90 Å². The molecular weight excluding hydrogens is 340 g/mol. The van der Waals surface area contributed by atoms with Crippen molar-refractivity contribution in [3.8, 4) is 0 Å². The van der Waals surface area contributed by atoms with Crippen LogP contribution in [0.25, 0.3) is 5.57 Å². The molecule has 28 heavy (non-hydrogen) atoms. The predicted molar refractivity (Wildman–Crippen MR) is 120 cm³/mol. The van der Waals surface area contributed by atoms with E-state index in [1.165, 1.54) is 17.6 Å². The van der Waals surface area contributed by atoms with E-state index in [0.717, 1.165) is 30.2 Å². The summed E-state index contributed by atoms with van der Waals surface area (Å²) in [5.41, 5.74) is 6.04. The molecule has 0 amide bonds. The number of nitrogens with zero attached hydrogens (tertiary/aromatic N) is 2. The lowest BCUT2D eigenvalue weighted by atomic mass is 10.0. The first-order valence-corrected chi connectivity index (χ1v) is 9.98. The molecule has 0 saturated heterocycles. The molecule has 0 spiro atoms. The highest BCUT2D eigenvalue weighted by molar-refractivity contribution is 5.80. The standard InChI is InChI=1S/C26H26N2/c1-2-19-27-20-17-23(18-21-27)22-13-15-26(16-14-22)28(24-9-5-3-6-10-24)25-11-7-4-8-12-25/h3-18,20H,2,19,21H2,1H3. The van der Waals surface area contributed by atoms with E-state index in [9.17, 15) is 0 Å². The third-order valence-electron chi connectivity index (χ3n) is 5.01. The van der Waals surface area contributed by atoms with Gasteiger partial charge in [0, 0.05) is 30.2 Å². The Balaban J connectivity index is 1.62. The van der Waals surface area contributed by atoms with E-state index in [-0.39, 0.29) is 0 Å². The molecule has 1 heterocycles. The van der Waals surface area contributed by atoms with Gasteiger partial charge in [0.25, 0.3) is 0 Å². The normalized spacial score (nSPS) is 13.3. The summed E-state index contributed by atoms with van der Waals surface area (Å²) in [6.07, 6.45) is 7.93. The molecule has 140 valence electrons. The van der Waals surface area contributed by atoms with E-state index in [1.54, 1.807) is 0 Å². The highest BCUT2D eigenvalue weighted by Crippen LogP contribution is 2.34. The lowest BCUT2D eigenvalue weighted by Gasteiger charge is -2.26. The fraction of sp³-hybridized carbons (Fsp3) is 0.154. The summed E-state index contributed by atoms with van der Waals surface area (Å²) in [7, 11) is 0. The lowest BCUT2D eigenvalue weighted by Crippen LogP contribution is -2.20. The Labute approximate surface area is 168 Å². The number of para-hydroxylation sites is 2. The van der Waals surface area contributed by atoms with Gasteiger partial charge in [-0.1, -0.05) is 61.5 Å². The second kappa shape index (κ2) is 8.62. The second-order valence-corrected chi connectivity index (χ2v) is 7.02. The van der Waals surface area contributed by atoms with Gasteiger partial charge in [-0.25, -0.2) is 0 Å². The van der Waals surface area contributed by atoms with Gasteiger partial charge in [-0.05, 0) is 66.2 Å². The molecule has 0 aliphatic carbocycles. The molecule has 3 aromatic carbocycles. The quantitative estimate of drug-likeness (QED) is 0.474. The van der Waals surface area contributed by atoms with Gasteiger partial charge in [0.2, 0.25) is 0 Å². The van der Waals surface area contributed by atoms with Gasteiger partial charge in [0.05, 0.1) is 0 Å². The maximum absolute atomic E-state index is 2.35. The maximum atomic E-state index is 2.35. The van der Waals surface area contributed by atoms with Gasteiger partial charge in [-0.2, -0.15) is 0 Å². The Bertz CT molecular complexity index is 901. The Hall–Kier alpha value is -3.26. The molecule has 2 nitrogen and oxygen atoms in total. The van der Waals surface area contributed by atoms with Crippen molar-refractivity contribution in [1.29, 1.82) is 0 Å². The highest BCUT2D eigenvalue weighted by Gasteiger charge is 2.12. The summed E-state index contributed by atoms with van der Waals surface area (Å²) in [5.74, 6) is 0. The zero-order valence-electron chi connectivity index (χ0n) is 16.3. The van der Waals surface area contributed by atoms with Crippen LogP contribution in [0.2, 0.25) is 0 Å². The van der Waals surface area contributed by atoms with Crippen LogP contribution in [0.15, 0.2) is 103 Å². The van der Waals surface area contributed by atoms with Gasteiger partial charge >= 0.3 is 0 Å². The maximum Gasteiger partial charge on any atom is 0.0462 e. The van der Waals surface area contributed by atoms with Crippen LogP contribution in [-0.4, -0.2) is 18.0 Å². The molecule has 2 heteroatoms. The largest absolute Gasteiger partial charge is 0.374 e. The SMILES string of the molecule is CCCN1C=CC(c2ccc(N(c3ccccc3)c3ccccc3)cc2)=CC1. The molecule has 0 fully saturated rings. The van der Waals surface area contributed by atoms with Crippen molar-refractivity contribution >= 4 is 22.6 Å². The Morgan fingerprint density at radius 2 is 1.32 bits per heavy atom. The Kier molecular flexibility index (Phi) is 5.58. The van der Waals surface area contributed by atoms with Gasteiger partial charge in [0.15, 0.2) is 0 Å². The summed E-state index contributed by atoms with van der Waals surface area (Å²) < 4.78 is 0. The minimum atomic E-state index is 0.988. The summed E-state index contributed by atoms with van der Waals surface area (Å²) in [6.45, 7) is 4.32. The Morgan fingerprint density at radius 1 is 0.750 bits per heavy atom. The first-order chi connectivity index (χ1) is 13.8. The fourth-order valence-corrected chi connectivity index (χ4v) is 3.60. The van der Waals surface area contributed by atoms with Gasteiger partial charge < -0.3 is 9.80 Å². The van der Waals surface area contributed by atoms with Crippen molar-refractivity contribution in [2.45, 2.75) is 13.3 Å². The molecule has 1 aliphatic rings. The van der Waals surface area contributed by atoms with Crippen molar-refractivity contribution < 1.29 is 0 Å². The predicted octanol–water partition coefficient (Wildman–Crippen LogP) is 6.78. The third kappa shape index (κ3) is 4.01. The minimum Gasteiger partial charge on any atom is -0.374 e. The average Bonchev–Trinajstić information content (AvgIpc) is 2.77. The first kappa shape index (κ1) is 18.1. The molecule has 4 rings (SSSR count). The van der Waals surface area contributed by atoms with E-state index in [0.29, 0.717) is 0 Å². The topological polar surface area (TPSA) is 6.48 Å². The number of hydrogen-bond donors (Lipinski definition) is 0. The lowest BCUT2D eigenvalue weighted by molar-refractivity contribution is 0.412. The van der Waals surface area contributed by atoms with Crippen LogP contribution in [0.4, 0.5) is 17.1 Å². The molecule has 0 unspecified atom stereocenters. The van der Waals surface area contributed by atoms with Gasteiger partial charge in [-0.15, -0.1) is 0 Å². The molecule has 0 saturated carbocycles. The van der Waals surface area contributed by atoms with E-state index in [4.69, 9.17) is 0 Å². The number of allylic oxidation sites excluding steroid dienone is 2. The molecule has 3 aromatic rings. The molecule has 0 radical (unpaired) electrons. The third-order valence-corrected chi connectivity index (χ3v) is 5.01. The van der Waals surface area contributed by atoms with Crippen LogP contribution in [0.5, 0.6) is 0 Å². The summed E-state index contributed by atoms with van der Waals surface area (Å²) in [5, 5.41) is 0. The molecule has 0 atom stereocenters. The monoisotopic (exact) mass is 366 g/mol. The van der Waals surface area contributed by atoms with Crippen molar-refractivity contribution in [2.24, 2.45) is 0 Å². The van der Waals surface area contributed by atoms with Crippen molar-refractivity contribution in [2.75, 3.05) is 18.0 Å². The number of hydrogen-bond acceptors (Lipinski definition) is 2. The van der Waals surface area contributed by atoms with Crippen molar-refractivity contribution in [3.05, 3.63) is 109 Å². The Morgan fingerprint density at radius 3 is 1.82 bits per heavy atom. The van der Waals surface area contributed by atoms with Gasteiger partial charge in [0.1, 0.15) is 0 Å². The highest BCUT2D eigenvalue weighted by atomic mass is 15.1. The van der Waals surface area contributed by atoms with E-state index >= 15 is 0 Å². The van der Waals surface area contributed by atoms with Crippen molar-refractivity contribution in [3.63, 3.8) is 0 Å². The average molecular weight is 367 g/mol. The smallest absolute Gasteiger partial charge is 0.0462 e. The summed E-state index contributed by atoms with van der Waals surface area (Å²) in [6, 6.07) is 29.9. The molecule has 0 aromatic heterocycles. The number of rotatable bonds is 6. The van der Waals surface area contributed by atoms with Gasteiger partial charge in [-0.3, -0.25) is 0 Å². The molecule has 1 aliphatic heterocycles. The van der Waals surface area contributed by atoms with Crippen LogP contribution >= 0.6 is 0 Å². The minimum absolute atomic E-state index is 0.988. The van der Waals surface area contributed by atoms with E-state index in [2.05, 4.69) is 120 Å². The molecule has 0 N–H and O–H groups in total. The van der Waals surface area contributed by atoms with E-state index < -0.39 is 0 Å². The first-order valence-electron chi connectivity index (χ1n) is 9.98. The molecular formula is C26H26N2. The zero-order chi connectivity index (χ0) is 19.2. The number of benzene rings is 3. The number of anilines is 3. The molecule has 0 bridgehead atoms. The second-order valence-electron chi connectivity index (χ2n) is 7.02. The summed E-state index contributed by atoms with van der Waals surface area (Å²) in [4.78, 5) is 4.64. The van der Waals surface area contributed by atoms with Crippen molar-refractivity contribution in [1.82, 2.24) is 4.90 Å². The van der Waals surface area contributed by atoms with E-state index in [1.807, 2.05) is 0 Å². The fourth-order valence-electron chi connectivity index (χ4n) is 3.60. The summed E-state index contributed by atoms with van der Waals surface area (Å²) >= 11 is 0. The van der Waals surface area contributed by atoms with Crippen LogP contribution in [0, 0.1) is 0 Å². The van der Waals surface area contributed by atoms with Crippen LogP contribution in [0.3, 0.4) is 0 Å².